The highest BCUT2D eigenvalue weighted by Crippen LogP contribution is 2.59. The number of hydrogen-bond donors (Lipinski definition) is 1. The molecule has 2 unspecified atom stereocenters. The molecule has 2 amide bonds. The molecule has 1 aromatic rings. The molecule has 3 fully saturated rings. The molecule has 6 nitrogen and oxygen atoms in total. The van der Waals surface area contributed by atoms with E-state index in [4.69, 9.17) is 9.47 Å². The summed E-state index contributed by atoms with van der Waals surface area (Å²) in [5, 5.41) is 3.16. The van der Waals surface area contributed by atoms with Crippen molar-refractivity contribution in [2.75, 3.05) is 20.3 Å². The molecule has 5 rings (SSSR count). The SMILES string of the molecule is COC1CCC2(CC1)Cc1ccc(OCC3CC3(F)F)cc1C21NC(=O)N(C(C)C)CC1=O. The number of hydrogen-bond acceptors (Lipinski definition) is 4. The minimum absolute atomic E-state index is 0.0173. The van der Waals surface area contributed by atoms with Gasteiger partial charge in [0, 0.05) is 25.0 Å². The van der Waals surface area contributed by atoms with E-state index < -0.39 is 22.8 Å². The van der Waals surface area contributed by atoms with Gasteiger partial charge >= 0.3 is 6.03 Å². The number of nitrogens with zero attached hydrogens (tertiary/aromatic N) is 1. The molecule has 0 bridgehead atoms. The maximum atomic E-state index is 13.9. The first-order valence-electron chi connectivity index (χ1n) is 11.9. The Balaban J connectivity index is 1.51. The number of rotatable bonds is 5. The standard InChI is InChI=1S/C25H32F2N2O4/c1-15(2)29-13-21(30)25(28-22(29)31)20-10-19(33-14-17-12-24(17,26)27)5-4-16(20)11-23(25)8-6-18(32-3)7-9-23/h4-5,10,15,17-18H,6-9,11-14H2,1-3H3,(H,28,31). The van der Waals surface area contributed by atoms with Crippen LogP contribution in [0.2, 0.25) is 0 Å². The average Bonchev–Trinajstić information content (AvgIpc) is 3.32. The molecule has 2 spiro atoms. The number of carbonyl (C=O) groups is 2. The van der Waals surface area contributed by atoms with Gasteiger partial charge in [-0.25, -0.2) is 13.6 Å². The molecule has 1 saturated heterocycles. The molecule has 1 heterocycles. The lowest BCUT2D eigenvalue weighted by Gasteiger charge is -2.52. The lowest BCUT2D eigenvalue weighted by Crippen LogP contribution is -2.70. The van der Waals surface area contributed by atoms with Gasteiger partial charge in [0.1, 0.15) is 11.3 Å². The van der Waals surface area contributed by atoms with E-state index in [0.717, 1.165) is 36.8 Å². The molecule has 3 aliphatic carbocycles. The third kappa shape index (κ3) is 3.44. The zero-order chi connectivity index (χ0) is 23.6. The number of fused-ring (bicyclic) bond motifs is 3. The van der Waals surface area contributed by atoms with Gasteiger partial charge in [0.15, 0.2) is 5.78 Å². The molecule has 8 heteroatoms. The van der Waals surface area contributed by atoms with Gasteiger partial charge in [0.2, 0.25) is 0 Å². The van der Waals surface area contributed by atoms with Crippen LogP contribution < -0.4 is 10.1 Å². The number of ether oxygens (including phenoxy) is 2. The number of ketones is 1. The summed E-state index contributed by atoms with van der Waals surface area (Å²) < 4.78 is 37.9. The maximum Gasteiger partial charge on any atom is 0.319 e. The Labute approximate surface area is 193 Å². The van der Waals surface area contributed by atoms with Crippen molar-refractivity contribution in [3.05, 3.63) is 29.3 Å². The number of halogens is 2. The van der Waals surface area contributed by atoms with E-state index >= 15 is 0 Å². The molecule has 180 valence electrons. The first-order chi connectivity index (χ1) is 15.6. The van der Waals surface area contributed by atoms with E-state index in [-0.39, 0.29) is 43.5 Å². The number of urea groups is 1. The van der Waals surface area contributed by atoms with Gasteiger partial charge in [-0.05, 0) is 69.2 Å². The van der Waals surface area contributed by atoms with E-state index in [1.54, 1.807) is 24.1 Å². The lowest BCUT2D eigenvalue weighted by molar-refractivity contribution is -0.137. The second kappa shape index (κ2) is 7.65. The average molecular weight is 463 g/mol. The predicted octanol–water partition coefficient (Wildman–Crippen LogP) is 4.05. The van der Waals surface area contributed by atoms with Crippen molar-refractivity contribution in [3.8, 4) is 5.75 Å². The number of benzene rings is 1. The van der Waals surface area contributed by atoms with Crippen LogP contribution in [-0.2, 0) is 21.5 Å². The molecule has 33 heavy (non-hydrogen) atoms. The van der Waals surface area contributed by atoms with Gasteiger partial charge in [-0.1, -0.05) is 6.07 Å². The molecule has 0 aromatic heterocycles. The fourth-order valence-electron chi connectivity index (χ4n) is 6.22. The summed E-state index contributed by atoms with van der Waals surface area (Å²) in [6.07, 6.45) is 3.86. The van der Waals surface area contributed by atoms with Crippen molar-refractivity contribution in [1.29, 1.82) is 0 Å². The highest BCUT2D eigenvalue weighted by molar-refractivity contribution is 6.02. The van der Waals surface area contributed by atoms with Crippen LogP contribution in [0.4, 0.5) is 13.6 Å². The molecule has 1 N–H and O–H groups in total. The smallest absolute Gasteiger partial charge is 0.319 e. The minimum Gasteiger partial charge on any atom is -0.493 e. The van der Waals surface area contributed by atoms with Crippen LogP contribution in [0, 0.1) is 11.3 Å². The lowest BCUT2D eigenvalue weighted by atomic mass is 9.59. The summed E-state index contributed by atoms with van der Waals surface area (Å²) in [7, 11) is 1.71. The van der Waals surface area contributed by atoms with Gasteiger partial charge < -0.3 is 19.7 Å². The molecular formula is C25H32F2N2O4. The fourth-order valence-corrected chi connectivity index (χ4v) is 6.22. The van der Waals surface area contributed by atoms with E-state index in [9.17, 15) is 18.4 Å². The number of nitrogens with one attached hydrogen (secondary N) is 1. The van der Waals surface area contributed by atoms with Crippen molar-refractivity contribution in [1.82, 2.24) is 10.2 Å². The van der Waals surface area contributed by atoms with Crippen molar-refractivity contribution >= 4 is 11.8 Å². The Hall–Kier alpha value is -2.22. The number of methoxy groups -OCH3 is 1. The Morgan fingerprint density at radius 2 is 1.91 bits per heavy atom. The second-order valence-corrected chi connectivity index (χ2v) is 10.5. The summed E-state index contributed by atoms with van der Waals surface area (Å²) >= 11 is 0. The second-order valence-electron chi connectivity index (χ2n) is 10.5. The fraction of sp³-hybridized carbons (Fsp3) is 0.680. The number of carbonyl (C=O) groups excluding carboxylic acids is 2. The normalized spacial score (nSPS) is 34.7. The van der Waals surface area contributed by atoms with E-state index in [1.807, 2.05) is 19.9 Å². The summed E-state index contributed by atoms with van der Waals surface area (Å²) in [5.41, 5.74) is 0.219. The van der Waals surface area contributed by atoms with E-state index in [2.05, 4.69) is 5.32 Å². The Kier molecular flexibility index (Phi) is 5.23. The van der Waals surface area contributed by atoms with Gasteiger partial charge in [-0.15, -0.1) is 0 Å². The predicted molar refractivity (Wildman–Crippen MR) is 117 cm³/mol. The van der Waals surface area contributed by atoms with Crippen LogP contribution >= 0.6 is 0 Å². The first kappa shape index (κ1) is 22.6. The summed E-state index contributed by atoms with van der Waals surface area (Å²) in [6, 6.07) is 5.19. The maximum absolute atomic E-state index is 13.9. The highest BCUT2D eigenvalue weighted by atomic mass is 19.3. The molecule has 1 aromatic carbocycles. The van der Waals surface area contributed by atoms with Crippen LogP contribution in [-0.4, -0.2) is 55.0 Å². The van der Waals surface area contributed by atoms with Crippen LogP contribution in [0.5, 0.6) is 5.75 Å². The van der Waals surface area contributed by atoms with E-state index in [1.165, 1.54) is 0 Å². The zero-order valence-corrected chi connectivity index (χ0v) is 19.5. The van der Waals surface area contributed by atoms with E-state index in [0.29, 0.717) is 12.2 Å². The quantitative estimate of drug-likeness (QED) is 0.717. The molecule has 4 aliphatic rings. The summed E-state index contributed by atoms with van der Waals surface area (Å²) in [4.78, 5) is 28.7. The van der Waals surface area contributed by atoms with Crippen molar-refractivity contribution in [3.63, 3.8) is 0 Å². The Morgan fingerprint density at radius 3 is 2.52 bits per heavy atom. The van der Waals surface area contributed by atoms with Gasteiger partial charge in [0.05, 0.1) is 25.2 Å². The molecular weight excluding hydrogens is 430 g/mol. The number of amides is 2. The summed E-state index contributed by atoms with van der Waals surface area (Å²) in [6.45, 7) is 3.79. The van der Waals surface area contributed by atoms with Crippen LogP contribution in [0.3, 0.4) is 0 Å². The minimum atomic E-state index is -2.64. The Bertz CT molecular complexity index is 973. The molecule has 2 atom stereocenters. The number of Topliss-reactive ketones (excluding diaryl/α,β-unsaturated/α-hetero) is 1. The van der Waals surface area contributed by atoms with Gasteiger partial charge in [0.25, 0.3) is 5.92 Å². The Morgan fingerprint density at radius 1 is 1.21 bits per heavy atom. The number of alkyl halides is 2. The molecule has 0 radical (unpaired) electrons. The van der Waals surface area contributed by atoms with Crippen molar-refractivity contribution in [2.24, 2.45) is 11.3 Å². The third-order valence-corrected chi connectivity index (χ3v) is 8.35. The van der Waals surface area contributed by atoms with Crippen LogP contribution in [0.15, 0.2) is 18.2 Å². The topological polar surface area (TPSA) is 67.9 Å². The summed E-state index contributed by atoms with van der Waals surface area (Å²) in [5.74, 6) is -2.95. The van der Waals surface area contributed by atoms with Crippen LogP contribution in [0.1, 0.15) is 57.1 Å². The monoisotopic (exact) mass is 462 g/mol. The van der Waals surface area contributed by atoms with Crippen molar-refractivity contribution < 1.29 is 27.8 Å². The van der Waals surface area contributed by atoms with Gasteiger partial charge in [-0.2, -0.15) is 0 Å². The highest BCUT2D eigenvalue weighted by Gasteiger charge is 2.65. The largest absolute Gasteiger partial charge is 0.493 e. The van der Waals surface area contributed by atoms with Crippen molar-refractivity contribution in [2.45, 2.75) is 76.0 Å². The zero-order valence-electron chi connectivity index (χ0n) is 19.5. The van der Waals surface area contributed by atoms with Crippen LogP contribution in [0.25, 0.3) is 0 Å². The third-order valence-electron chi connectivity index (χ3n) is 8.35. The molecule has 2 saturated carbocycles. The van der Waals surface area contributed by atoms with Gasteiger partial charge in [-0.3, -0.25) is 4.79 Å². The molecule has 1 aliphatic heterocycles. The first-order valence-corrected chi connectivity index (χ1v) is 11.9.